The first-order chi connectivity index (χ1) is 8.51. The molecule has 0 atom stereocenters. The molecule has 0 amide bonds. The van der Waals surface area contributed by atoms with Crippen molar-refractivity contribution in [2.45, 2.75) is 19.1 Å². The van der Waals surface area contributed by atoms with E-state index in [1.54, 1.807) is 0 Å². The molecule has 0 saturated carbocycles. The van der Waals surface area contributed by atoms with E-state index in [-0.39, 0.29) is 0 Å². The van der Waals surface area contributed by atoms with Crippen molar-refractivity contribution in [1.82, 2.24) is 0 Å². The average molecular weight is 258 g/mol. The summed E-state index contributed by atoms with van der Waals surface area (Å²) in [5, 5.41) is 1.25. The molecule has 1 aromatic carbocycles. The Hall–Kier alpha value is -1.79. The lowest BCUT2D eigenvalue weighted by atomic mass is 10.2. The first-order valence-corrected chi connectivity index (χ1v) is 9.02. The van der Waals surface area contributed by atoms with Crippen molar-refractivity contribution in [3.05, 3.63) is 42.5 Å². The molecule has 0 fully saturated rings. The Morgan fingerprint density at radius 2 is 2.11 bits per heavy atom. The molecule has 0 aliphatic rings. The Morgan fingerprint density at radius 3 is 2.72 bits per heavy atom. The molecule has 18 heavy (non-hydrogen) atoms. The van der Waals surface area contributed by atoms with E-state index in [0.29, 0.717) is 0 Å². The van der Waals surface area contributed by atoms with Crippen LogP contribution >= 0.6 is 0 Å². The predicted molar refractivity (Wildman–Crippen MR) is 77.5 cm³/mol. The summed E-state index contributed by atoms with van der Waals surface area (Å²) >= 11 is 0. The van der Waals surface area contributed by atoms with Gasteiger partial charge in [-0.05, 0) is 17.3 Å². The summed E-state index contributed by atoms with van der Waals surface area (Å²) in [7, 11) is -0.246. The molecule has 0 unspecified atom stereocenters. The minimum absolute atomic E-state index is 0.506. The third kappa shape index (κ3) is 3.61. The van der Waals surface area contributed by atoms with Crippen molar-refractivity contribution in [3.63, 3.8) is 0 Å². The maximum absolute atomic E-state index is 11.1. The minimum atomic E-state index is -1.58. The van der Waals surface area contributed by atoms with Crippen LogP contribution in [0.25, 0.3) is 0 Å². The third-order valence-corrected chi connectivity index (χ3v) is 6.00. The van der Waals surface area contributed by atoms with Crippen LogP contribution in [0.3, 0.4) is 0 Å². The van der Waals surface area contributed by atoms with Gasteiger partial charge >= 0.3 is 5.97 Å². The predicted octanol–water partition coefficient (Wildman–Crippen LogP) is 2.31. The maximum atomic E-state index is 11.1. The summed E-state index contributed by atoms with van der Waals surface area (Å²) in [6.45, 7) is 8.36. The second-order valence-corrected chi connectivity index (χ2v) is 9.38. The van der Waals surface area contributed by atoms with E-state index in [1.165, 1.54) is 12.3 Å². The first kappa shape index (κ1) is 14.3. The molecule has 0 radical (unpaired) electrons. The van der Waals surface area contributed by atoms with E-state index < -0.39 is 14.0 Å². The van der Waals surface area contributed by atoms with Gasteiger partial charge in [-0.3, -0.25) is 0 Å². The van der Waals surface area contributed by atoms with Crippen LogP contribution < -0.4 is 5.19 Å². The van der Waals surface area contributed by atoms with E-state index >= 15 is 0 Å². The highest BCUT2D eigenvalue weighted by Crippen LogP contribution is 2.12. The molecule has 0 aliphatic heterocycles. The van der Waals surface area contributed by atoms with Crippen LogP contribution in [-0.4, -0.2) is 21.2 Å². The molecule has 0 spiro atoms. The fourth-order valence-corrected chi connectivity index (χ4v) is 4.19. The lowest BCUT2D eigenvalue weighted by molar-refractivity contribution is -0.133. The quantitative estimate of drug-likeness (QED) is 0.360. The van der Waals surface area contributed by atoms with Crippen LogP contribution in [-0.2, 0) is 9.53 Å². The van der Waals surface area contributed by atoms with E-state index in [1.807, 2.05) is 24.3 Å². The van der Waals surface area contributed by atoms with Gasteiger partial charge in [0.2, 0.25) is 0 Å². The summed E-state index contributed by atoms with van der Waals surface area (Å²) in [4.78, 5) is 11.1. The zero-order chi connectivity index (χ0) is 13.6. The highest BCUT2D eigenvalue weighted by atomic mass is 28.3. The first-order valence-electron chi connectivity index (χ1n) is 5.81. The van der Waals surface area contributed by atoms with Gasteiger partial charge in [0.25, 0.3) is 0 Å². The number of hydrogen-bond donors (Lipinski definition) is 0. The number of ether oxygens (including phenoxy) is 1. The van der Waals surface area contributed by atoms with Crippen LogP contribution in [0, 0.1) is 11.8 Å². The number of methoxy groups -OCH3 is 1. The Bertz CT molecular complexity index is 507. The number of carbonyl (C=O) groups excluding carboxylic acids is 1. The van der Waals surface area contributed by atoms with Crippen molar-refractivity contribution in [2.75, 3.05) is 7.11 Å². The molecular weight excluding hydrogens is 240 g/mol. The number of hydrogen-bond acceptors (Lipinski definition) is 2. The van der Waals surface area contributed by atoms with Crippen LogP contribution in [0.2, 0.25) is 19.1 Å². The van der Waals surface area contributed by atoms with Crippen molar-refractivity contribution in [3.8, 4) is 11.8 Å². The van der Waals surface area contributed by atoms with Gasteiger partial charge in [0.15, 0.2) is 0 Å². The van der Waals surface area contributed by atoms with Gasteiger partial charge in [-0.25, -0.2) is 4.79 Å². The van der Waals surface area contributed by atoms with Gasteiger partial charge in [-0.15, -0.1) is 6.58 Å². The summed E-state index contributed by atoms with van der Waals surface area (Å²) in [5.41, 5.74) is 0.918. The highest BCUT2D eigenvalue weighted by Gasteiger charge is 2.23. The molecule has 3 heteroatoms. The Labute approximate surface area is 110 Å². The molecule has 1 aromatic rings. The van der Waals surface area contributed by atoms with Crippen molar-refractivity contribution in [2.24, 2.45) is 0 Å². The summed E-state index contributed by atoms with van der Waals surface area (Å²) in [6, 6.07) is 8.98. The third-order valence-electron chi connectivity index (χ3n) is 2.80. The van der Waals surface area contributed by atoms with E-state index in [2.05, 4.69) is 42.3 Å². The number of allylic oxidation sites excluding steroid dienone is 1. The molecule has 0 saturated heterocycles. The van der Waals surface area contributed by atoms with Crippen LogP contribution in [0.15, 0.2) is 36.9 Å². The van der Waals surface area contributed by atoms with Crippen LogP contribution in [0.4, 0.5) is 0 Å². The lowest BCUT2D eigenvalue weighted by Crippen LogP contribution is -2.42. The van der Waals surface area contributed by atoms with Gasteiger partial charge in [-0.1, -0.05) is 43.3 Å². The number of carbonyl (C=O) groups is 1. The second kappa shape index (κ2) is 6.22. The summed E-state index contributed by atoms with van der Waals surface area (Å²) in [5.74, 6) is 4.89. The summed E-state index contributed by atoms with van der Waals surface area (Å²) < 4.78 is 4.53. The van der Waals surface area contributed by atoms with Gasteiger partial charge in [0.1, 0.15) is 0 Å². The van der Waals surface area contributed by atoms with Crippen molar-refractivity contribution in [1.29, 1.82) is 0 Å². The zero-order valence-electron chi connectivity index (χ0n) is 11.1. The van der Waals surface area contributed by atoms with E-state index in [9.17, 15) is 4.79 Å². The Morgan fingerprint density at radius 1 is 1.44 bits per heavy atom. The highest BCUT2D eigenvalue weighted by molar-refractivity contribution is 6.90. The van der Waals surface area contributed by atoms with Crippen molar-refractivity contribution < 1.29 is 9.53 Å². The van der Waals surface area contributed by atoms with Gasteiger partial charge in [0.05, 0.1) is 15.2 Å². The minimum Gasteiger partial charge on any atom is -0.459 e. The standard InChI is InChI=1S/C15H18O2Si/c1-5-12-18(3,4)14-9-7-6-8-13(14)10-11-15(16)17-2/h5-9H,1,12H2,2-4H3. The van der Waals surface area contributed by atoms with Gasteiger partial charge in [-0.2, -0.15) is 0 Å². The fourth-order valence-electron chi connectivity index (χ4n) is 1.82. The molecule has 1 rings (SSSR count). The van der Waals surface area contributed by atoms with Gasteiger partial charge in [0, 0.05) is 11.5 Å². The number of esters is 1. The smallest absolute Gasteiger partial charge is 0.384 e. The Balaban J connectivity index is 3.17. The maximum Gasteiger partial charge on any atom is 0.384 e. The molecule has 0 N–H and O–H groups in total. The Kier molecular flexibility index (Phi) is 4.93. The van der Waals surface area contributed by atoms with Crippen molar-refractivity contribution >= 4 is 19.2 Å². The molecule has 0 heterocycles. The zero-order valence-corrected chi connectivity index (χ0v) is 12.1. The second-order valence-electron chi connectivity index (χ2n) is 4.66. The lowest BCUT2D eigenvalue weighted by Gasteiger charge is -2.22. The molecular formula is C15H18O2Si. The topological polar surface area (TPSA) is 26.3 Å². The summed E-state index contributed by atoms with van der Waals surface area (Å²) in [6.07, 6.45) is 1.96. The van der Waals surface area contributed by atoms with Crippen LogP contribution in [0.1, 0.15) is 5.56 Å². The number of benzene rings is 1. The number of rotatable bonds is 3. The average Bonchev–Trinajstić information content (AvgIpc) is 2.36. The molecule has 2 nitrogen and oxygen atoms in total. The van der Waals surface area contributed by atoms with E-state index in [0.717, 1.165) is 11.6 Å². The van der Waals surface area contributed by atoms with E-state index in [4.69, 9.17) is 0 Å². The van der Waals surface area contributed by atoms with Gasteiger partial charge < -0.3 is 4.74 Å². The SMILES string of the molecule is C=CC[Si](C)(C)c1ccccc1C#CC(=O)OC. The monoisotopic (exact) mass is 258 g/mol. The van der Waals surface area contributed by atoms with Crippen LogP contribution in [0.5, 0.6) is 0 Å². The largest absolute Gasteiger partial charge is 0.459 e. The molecule has 94 valence electrons. The molecule has 0 aromatic heterocycles. The fraction of sp³-hybridized carbons (Fsp3) is 0.267. The molecule has 0 aliphatic carbocycles. The normalized spacial score (nSPS) is 10.2. The molecule has 0 bridgehead atoms.